The summed E-state index contributed by atoms with van der Waals surface area (Å²) in [4.78, 5) is 30.0. The van der Waals surface area contributed by atoms with Crippen LogP contribution in [0.25, 0.3) is 28.0 Å². The van der Waals surface area contributed by atoms with Crippen LogP contribution in [0.1, 0.15) is 36.0 Å². The number of hydrogen-bond acceptors (Lipinski definition) is 6. The van der Waals surface area contributed by atoms with Crippen LogP contribution in [0, 0.1) is 0 Å². The van der Waals surface area contributed by atoms with Crippen LogP contribution in [-0.4, -0.2) is 33.8 Å². The van der Waals surface area contributed by atoms with Crippen molar-refractivity contribution < 1.29 is 14.1 Å². The molecule has 8 heteroatoms. The van der Waals surface area contributed by atoms with E-state index in [2.05, 4.69) is 15.5 Å². The lowest BCUT2D eigenvalue weighted by Gasteiger charge is -2.12. The molecule has 0 bridgehead atoms. The van der Waals surface area contributed by atoms with Crippen LogP contribution in [0.15, 0.2) is 64.2 Å². The van der Waals surface area contributed by atoms with Crippen LogP contribution in [0.2, 0.25) is 0 Å². The van der Waals surface area contributed by atoms with E-state index in [-0.39, 0.29) is 23.2 Å². The molecule has 0 saturated heterocycles. The number of ether oxygens (including phenoxy) is 1. The van der Waals surface area contributed by atoms with Gasteiger partial charge in [-0.25, -0.2) is 4.98 Å². The van der Waals surface area contributed by atoms with Crippen molar-refractivity contribution in [3.63, 3.8) is 0 Å². The van der Waals surface area contributed by atoms with E-state index in [0.29, 0.717) is 28.1 Å². The van der Waals surface area contributed by atoms with Gasteiger partial charge in [0.05, 0.1) is 12.8 Å². The molecule has 2 aromatic carbocycles. The Bertz CT molecular complexity index is 1320. The van der Waals surface area contributed by atoms with Crippen molar-refractivity contribution in [3.05, 3.63) is 70.8 Å². The molecule has 162 valence electrons. The third-order valence-corrected chi connectivity index (χ3v) is 5.86. The highest BCUT2D eigenvalue weighted by Crippen LogP contribution is 2.26. The molecule has 2 heterocycles. The Balaban J connectivity index is 1.47. The van der Waals surface area contributed by atoms with Crippen molar-refractivity contribution in [3.8, 4) is 22.7 Å². The first-order valence-corrected chi connectivity index (χ1v) is 10.6. The number of aromatic nitrogens is 3. The highest BCUT2D eigenvalue weighted by molar-refractivity contribution is 5.94. The molecule has 2 aromatic heterocycles. The summed E-state index contributed by atoms with van der Waals surface area (Å²) in [6, 6.07) is 14.4. The van der Waals surface area contributed by atoms with E-state index in [9.17, 15) is 9.59 Å². The van der Waals surface area contributed by atoms with Crippen molar-refractivity contribution >= 4 is 17.0 Å². The Morgan fingerprint density at radius 2 is 1.81 bits per heavy atom. The van der Waals surface area contributed by atoms with Gasteiger partial charge in [-0.15, -0.1) is 0 Å². The Morgan fingerprint density at radius 1 is 1.09 bits per heavy atom. The molecule has 0 spiro atoms. The van der Waals surface area contributed by atoms with E-state index in [1.165, 1.54) is 10.9 Å². The van der Waals surface area contributed by atoms with Gasteiger partial charge in [-0.2, -0.15) is 0 Å². The quantitative estimate of drug-likeness (QED) is 0.518. The highest BCUT2D eigenvalue weighted by atomic mass is 16.5. The molecule has 0 atom stereocenters. The van der Waals surface area contributed by atoms with Crippen molar-refractivity contribution in [2.24, 2.45) is 0 Å². The average Bonchev–Trinajstić information content (AvgIpc) is 3.50. The van der Waals surface area contributed by atoms with E-state index in [1.54, 1.807) is 43.5 Å². The Morgan fingerprint density at radius 3 is 2.50 bits per heavy atom. The molecule has 1 aliphatic rings. The normalized spacial score (nSPS) is 14.0. The van der Waals surface area contributed by atoms with Crippen molar-refractivity contribution in [1.29, 1.82) is 0 Å². The van der Waals surface area contributed by atoms with Gasteiger partial charge in [-0.1, -0.05) is 18.0 Å². The van der Waals surface area contributed by atoms with Gasteiger partial charge < -0.3 is 14.6 Å². The van der Waals surface area contributed by atoms with Gasteiger partial charge >= 0.3 is 0 Å². The minimum atomic E-state index is -0.301. The summed E-state index contributed by atoms with van der Waals surface area (Å²) in [5, 5.41) is 7.42. The molecule has 0 radical (unpaired) electrons. The summed E-state index contributed by atoms with van der Waals surface area (Å²) >= 11 is 0. The first-order chi connectivity index (χ1) is 15.6. The molecule has 0 unspecified atom stereocenters. The number of nitrogens with one attached hydrogen (secondary N) is 1. The van der Waals surface area contributed by atoms with Gasteiger partial charge in [0.1, 0.15) is 23.2 Å². The standard InChI is InChI=1S/C24H22N4O4/c1-31-19-12-8-15(9-13-19)21-20-23(32-27-21)25-14-28(24(20)30)18-10-6-16(7-11-18)22(29)26-17-4-2-3-5-17/h6-14,17H,2-5H2,1H3,(H,26,29). The first-order valence-electron chi connectivity index (χ1n) is 10.6. The minimum absolute atomic E-state index is 0.0924. The maximum absolute atomic E-state index is 13.3. The molecule has 0 aliphatic heterocycles. The van der Waals surface area contributed by atoms with Gasteiger partial charge in [0, 0.05) is 17.2 Å². The molecule has 1 aliphatic carbocycles. The predicted molar refractivity (Wildman–Crippen MR) is 119 cm³/mol. The fourth-order valence-corrected chi connectivity index (χ4v) is 4.09. The molecular formula is C24H22N4O4. The van der Waals surface area contributed by atoms with E-state index in [0.717, 1.165) is 31.2 Å². The summed E-state index contributed by atoms with van der Waals surface area (Å²) < 4.78 is 11.9. The maximum atomic E-state index is 13.3. The molecule has 1 saturated carbocycles. The molecule has 32 heavy (non-hydrogen) atoms. The van der Waals surface area contributed by atoms with Crippen LogP contribution in [-0.2, 0) is 0 Å². The van der Waals surface area contributed by atoms with E-state index in [1.807, 2.05) is 12.1 Å². The molecule has 1 fully saturated rings. The van der Waals surface area contributed by atoms with E-state index in [4.69, 9.17) is 9.26 Å². The largest absolute Gasteiger partial charge is 0.497 e. The second-order valence-electron chi connectivity index (χ2n) is 7.86. The maximum Gasteiger partial charge on any atom is 0.271 e. The number of methoxy groups -OCH3 is 1. The van der Waals surface area contributed by atoms with Gasteiger partial charge in [-0.05, 0) is 61.4 Å². The fraction of sp³-hybridized carbons (Fsp3) is 0.250. The Kier molecular flexibility index (Phi) is 5.18. The lowest BCUT2D eigenvalue weighted by Crippen LogP contribution is -2.32. The molecule has 8 nitrogen and oxygen atoms in total. The second kappa shape index (κ2) is 8.30. The van der Waals surface area contributed by atoms with E-state index < -0.39 is 0 Å². The predicted octanol–water partition coefficient (Wildman–Crippen LogP) is 3.72. The van der Waals surface area contributed by atoms with Crippen molar-refractivity contribution in [1.82, 2.24) is 20.0 Å². The van der Waals surface area contributed by atoms with Crippen LogP contribution >= 0.6 is 0 Å². The lowest BCUT2D eigenvalue weighted by molar-refractivity contribution is 0.0938. The number of nitrogens with zero attached hydrogens (tertiary/aromatic N) is 3. The zero-order chi connectivity index (χ0) is 22.1. The zero-order valence-electron chi connectivity index (χ0n) is 17.6. The molecular weight excluding hydrogens is 408 g/mol. The summed E-state index contributed by atoms with van der Waals surface area (Å²) in [6.45, 7) is 0. The number of fused-ring (bicyclic) bond motifs is 1. The molecule has 5 rings (SSSR count). The smallest absolute Gasteiger partial charge is 0.271 e. The number of benzene rings is 2. The Hall–Kier alpha value is -3.94. The monoisotopic (exact) mass is 430 g/mol. The topological polar surface area (TPSA) is 99.2 Å². The highest BCUT2D eigenvalue weighted by Gasteiger charge is 2.19. The van der Waals surface area contributed by atoms with Gasteiger partial charge in [-0.3, -0.25) is 14.2 Å². The third kappa shape index (κ3) is 3.64. The molecule has 1 amide bonds. The second-order valence-corrected chi connectivity index (χ2v) is 7.86. The van der Waals surface area contributed by atoms with Crippen molar-refractivity contribution in [2.45, 2.75) is 31.7 Å². The SMILES string of the molecule is COc1ccc(-c2noc3ncn(-c4ccc(C(=O)NC5CCCC5)cc4)c(=O)c23)cc1. The summed E-state index contributed by atoms with van der Waals surface area (Å²) in [5.41, 5.74) is 2.17. The van der Waals surface area contributed by atoms with Crippen LogP contribution in [0.4, 0.5) is 0 Å². The molecule has 4 aromatic rings. The third-order valence-electron chi connectivity index (χ3n) is 5.86. The summed E-state index contributed by atoms with van der Waals surface area (Å²) in [5.74, 6) is 0.611. The summed E-state index contributed by atoms with van der Waals surface area (Å²) in [7, 11) is 1.59. The number of carbonyl (C=O) groups is 1. The average molecular weight is 430 g/mol. The minimum Gasteiger partial charge on any atom is -0.497 e. The molecule has 1 N–H and O–H groups in total. The van der Waals surface area contributed by atoms with Gasteiger partial charge in [0.25, 0.3) is 17.2 Å². The zero-order valence-corrected chi connectivity index (χ0v) is 17.6. The van der Waals surface area contributed by atoms with Gasteiger partial charge in [0.15, 0.2) is 0 Å². The Labute approximate surface area is 183 Å². The first kappa shape index (κ1) is 20.0. The summed E-state index contributed by atoms with van der Waals surface area (Å²) in [6.07, 6.45) is 5.77. The van der Waals surface area contributed by atoms with Gasteiger partial charge in [0.2, 0.25) is 0 Å². The fourth-order valence-electron chi connectivity index (χ4n) is 4.09. The lowest BCUT2D eigenvalue weighted by atomic mass is 10.1. The van der Waals surface area contributed by atoms with Crippen LogP contribution in [0.5, 0.6) is 5.75 Å². The van der Waals surface area contributed by atoms with Crippen LogP contribution < -0.4 is 15.6 Å². The van der Waals surface area contributed by atoms with Crippen molar-refractivity contribution in [2.75, 3.05) is 7.11 Å². The van der Waals surface area contributed by atoms with E-state index >= 15 is 0 Å². The number of carbonyl (C=O) groups excluding carboxylic acids is 1. The number of rotatable bonds is 5. The van der Waals surface area contributed by atoms with Crippen LogP contribution in [0.3, 0.4) is 0 Å². The number of amides is 1. The number of hydrogen-bond donors (Lipinski definition) is 1.